The lowest BCUT2D eigenvalue weighted by Gasteiger charge is -2.03. The topological polar surface area (TPSA) is 88.7 Å². The van der Waals surface area contributed by atoms with Crippen molar-refractivity contribution >= 4 is 23.3 Å². The van der Waals surface area contributed by atoms with Crippen molar-refractivity contribution < 1.29 is 4.79 Å². The van der Waals surface area contributed by atoms with Crippen LogP contribution in [0.5, 0.6) is 0 Å². The van der Waals surface area contributed by atoms with Gasteiger partial charge in [-0.25, -0.2) is 0 Å². The van der Waals surface area contributed by atoms with Gasteiger partial charge in [0.15, 0.2) is 0 Å². The van der Waals surface area contributed by atoms with Crippen LogP contribution in [0.2, 0.25) is 5.02 Å². The van der Waals surface area contributed by atoms with Crippen LogP contribution in [-0.4, -0.2) is 20.7 Å². The minimum absolute atomic E-state index is 0.236. The number of hydrogen-bond acceptors (Lipinski definition) is 3. The van der Waals surface area contributed by atoms with Crippen molar-refractivity contribution in [1.29, 1.82) is 0 Å². The summed E-state index contributed by atoms with van der Waals surface area (Å²) in [5, 5.41) is 7.20. The Bertz CT molecular complexity index is 545. The van der Waals surface area contributed by atoms with E-state index in [1.807, 2.05) is 0 Å². The number of aromatic amines is 1. The molecule has 0 saturated carbocycles. The fourth-order valence-electron chi connectivity index (χ4n) is 1.40. The number of anilines is 1. The van der Waals surface area contributed by atoms with Gasteiger partial charge >= 0.3 is 0 Å². The molecular weight excluding hydrogens is 242 g/mol. The number of halogens is 1. The highest BCUT2D eigenvalue weighted by Crippen LogP contribution is 2.11. The van der Waals surface area contributed by atoms with Gasteiger partial charge in [-0.15, -0.1) is 0 Å². The van der Waals surface area contributed by atoms with Crippen LogP contribution in [0.1, 0.15) is 16.1 Å². The average molecular weight is 254 g/mol. The van der Waals surface area contributed by atoms with Crippen molar-refractivity contribution in [3.8, 4) is 0 Å². The van der Waals surface area contributed by atoms with E-state index in [0.29, 0.717) is 23.1 Å². The van der Waals surface area contributed by atoms with Gasteiger partial charge in [-0.2, -0.15) is 5.10 Å². The highest BCUT2D eigenvalue weighted by molar-refractivity contribution is 6.30. The molecule has 0 fully saturated rings. The third-order valence-corrected chi connectivity index (χ3v) is 2.61. The summed E-state index contributed by atoms with van der Waals surface area (Å²) in [6, 6.07) is 1.56. The number of hydrogen-bond donors (Lipinski definition) is 3. The average Bonchev–Trinajstić information content (AvgIpc) is 2.86. The smallest absolute Gasteiger partial charge is 0.268 e. The molecule has 0 unspecified atom stereocenters. The predicted octanol–water partition coefficient (Wildman–Crippen LogP) is 0.914. The summed E-state index contributed by atoms with van der Waals surface area (Å²) in [6.07, 6.45) is 3.17. The lowest BCUT2D eigenvalue weighted by molar-refractivity contribution is 0.0946. The Kier molecular flexibility index (Phi) is 3.06. The van der Waals surface area contributed by atoms with Crippen LogP contribution < -0.4 is 11.1 Å². The van der Waals surface area contributed by atoms with E-state index >= 15 is 0 Å². The summed E-state index contributed by atoms with van der Waals surface area (Å²) >= 11 is 5.71. The quantitative estimate of drug-likeness (QED) is 0.760. The zero-order valence-corrected chi connectivity index (χ0v) is 9.95. The molecule has 1 amide bonds. The molecule has 2 aromatic heterocycles. The third kappa shape index (κ3) is 2.42. The highest BCUT2D eigenvalue weighted by Gasteiger charge is 2.10. The molecule has 0 saturated heterocycles. The van der Waals surface area contributed by atoms with Crippen LogP contribution in [0.25, 0.3) is 0 Å². The largest absolute Gasteiger partial charge is 0.384 e. The Morgan fingerprint density at radius 3 is 3.00 bits per heavy atom. The Morgan fingerprint density at radius 1 is 1.71 bits per heavy atom. The van der Waals surface area contributed by atoms with E-state index in [1.54, 1.807) is 30.2 Å². The van der Waals surface area contributed by atoms with E-state index in [9.17, 15) is 4.79 Å². The molecule has 0 spiro atoms. The van der Waals surface area contributed by atoms with Crippen molar-refractivity contribution in [2.24, 2.45) is 7.05 Å². The van der Waals surface area contributed by atoms with Gasteiger partial charge in [0.2, 0.25) is 0 Å². The molecular formula is C10H12ClN5O. The second kappa shape index (κ2) is 4.50. The van der Waals surface area contributed by atoms with Crippen LogP contribution in [0.15, 0.2) is 18.5 Å². The SMILES string of the molecule is Cn1ncc(CNC(=O)c2cc(Cl)c[nH]2)c1N. The molecule has 0 aliphatic heterocycles. The number of nitrogens with two attached hydrogens (primary N) is 1. The second-order valence-corrected chi connectivity index (χ2v) is 4.03. The first-order valence-corrected chi connectivity index (χ1v) is 5.34. The van der Waals surface area contributed by atoms with Crippen LogP contribution in [0, 0.1) is 0 Å². The standard InChI is InChI=1S/C10H12ClN5O/c1-16-9(12)6(4-15-16)3-14-10(17)8-2-7(11)5-13-8/h2,4-5,13H,3,12H2,1H3,(H,14,17). The predicted molar refractivity (Wildman–Crippen MR) is 64.6 cm³/mol. The fourth-order valence-corrected chi connectivity index (χ4v) is 1.56. The normalized spacial score (nSPS) is 10.5. The van der Waals surface area contributed by atoms with Crippen molar-refractivity contribution in [2.75, 3.05) is 5.73 Å². The molecule has 7 heteroatoms. The summed E-state index contributed by atoms with van der Waals surface area (Å²) in [4.78, 5) is 14.4. The lowest BCUT2D eigenvalue weighted by atomic mass is 10.3. The Morgan fingerprint density at radius 2 is 2.47 bits per heavy atom. The summed E-state index contributed by atoms with van der Waals surface area (Å²) in [5.41, 5.74) is 6.94. The van der Waals surface area contributed by atoms with E-state index in [0.717, 1.165) is 5.56 Å². The maximum Gasteiger partial charge on any atom is 0.268 e. The molecule has 0 aliphatic rings. The number of aryl methyl sites for hydroxylation is 1. The van der Waals surface area contributed by atoms with Gasteiger partial charge in [-0.1, -0.05) is 11.6 Å². The van der Waals surface area contributed by atoms with Crippen molar-refractivity contribution in [3.05, 3.63) is 34.7 Å². The maximum atomic E-state index is 11.7. The first-order chi connectivity index (χ1) is 8.08. The molecule has 0 bridgehead atoms. The van der Waals surface area contributed by atoms with Crippen molar-refractivity contribution in [1.82, 2.24) is 20.1 Å². The molecule has 6 nitrogen and oxygen atoms in total. The molecule has 17 heavy (non-hydrogen) atoms. The Hall–Kier alpha value is -1.95. The summed E-state index contributed by atoms with van der Waals surface area (Å²) < 4.78 is 1.55. The van der Waals surface area contributed by atoms with Crippen LogP contribution >= 0.6 is 11.6 Å². The Balaban J connectivity index is 1.99. The van der Waals surface area contributed by atoms with E-state index in [1.165, 1.54) is 0 Å². The van der Waals surface area contributed by atoms with Crippen molar-refractivity contribution in [2.45, 2.75) is 6.54 Å². The molecule has 0 aromatic carbocycles. The number of carbonyl (C=O) groups is 1. The van der Waals surface area contributed by atoms with Gasteiger partial charge in [0.1, 0.15) is 11.5 Å². The number of rotatable bonds is 3. The molecule has 4 N–H and O–H groups in total. The first-order valence-electron chi connectivity index (χ1n) is 4.96. The zero-order valence-electron chi connectivity index (χ0n) is 9.20. The molecule has 2 aromatic rings. The molecule has 90 valence electrons. The Labute approximate surface area is 103 Å². The highest BCUT2D eigenvalue weighted by atomic mass is 35.5. The number of amides is 1. The van der Waals surface area contributed by atoms with Crippen LogP contribution in [-0.2, 0) is 13.6 Å². The van der Waals surface area contributed by atoms with Crippen LogP contribution in [0.4, 0.5) is 5.82 Å². The summed E-state index contributed by atoms with van der Waals surface area (Å²) in [6.45, 7) is 0.329. The molecule has 0 aliphatic carbocycles. The number of nitrogens with one attached hydrogen (secondary N) is 2. The number of carbonyl (C=O) groups excluding carboxylic acids is 1. The molecule has 0 radical (unpaired) electrons. The summed E-state index contributed by atoms with van der Waals surface area (Å²) in [5.74, 6) is 0.301. The van der Waals surface area contributed by atoms with E-state index < -0.39 is 0 Å². The lowest BCUT2D eigenvalue weighted by Crippen LogP contribution is -2.23. The minimum Gasteiger partial charge on any atom is -0.384 e. The molecule has 0 atom stereocenters. The molecule has 2 rings (SSSR count). The van der Waals surface area contributed by atoms with Gasteiger partial charge in [0.25, 0.3) is 5.91 Å². The summed E-state index contributed by atoms with van der Waals surface area (Å²) in [7, 11) is 1.74. The number of H-pyrrole nitrogens is 1. The van der Waals surface area contributed by atoms with E-state index in [-0.39, 0.29) is 5.91 Å². The maximum absolute atomic E-state index is 11.7. The fraction of sp³-hybridized carbons (Fsp3) is 0.200. The van der Waals surface area contributed by atoms with E-state index in [4.69, 9.17) is 17.3 Å². The number of aromatic nitrogens is 3. The van der Waals surface area contributed by atoms with Gasteiger partial charge in [-0.05, 0) is 6.07 Å². The van der Waals surface area contributed by atoms with E-state index in [2.05, 4.69) is 15.4 Å². The van der Waals surface area contributed by atoms with Gasteiger partial charge < -0.3 is 16.0 Å². The van der Waals surface area contributed by atoms with Gasteiger partial charge in [0.05, 0.1) is 11.2 Å². The van der Waals surface area contributed by atoms with Crippen molar-refractivity contribution in [3.63, 3.8) is 0 Å². The third-order valence-electron chi connectivity index (χ3n) is 2.40. The minimum atomic E-state index is -0.236. The van der Waals surface area contributed by atoms with Gasteiger partial charge in [0, 0.05) is 25.4 Å². The van der Waals surface area contributed by atoms with Gasteiger partial charge in [-0.3, -0.25) is 9.48 Å². The molecule has 2 heterocycles. The number of nitrogens with zero attached hydrogens (tertiary/aromatic N) is 2. The monoisotopic (exact) mass is 253 g/mol. The van der Waals surface area contributed by atoms with Crippen LogP contribution in [0.3, 0.4) is 0 Å². The zero-order chi connectivity index (χ0) is 12.4. The number of nitrogen functional groups attached to an aromatic ring is 1. The second-order valence-electron chi connectivity index (χ2n) is 3.59. The first kappa shape index (κ1) is 11.5.